The number of aromatic nitrogens is 6. The van der Waals surface area contributed by atoms with E-state index in [2.05, 4.69) is 40.8 Å². The van der Waals surface area contributed by atoms with Gasteiger partial charge in [0.2, 0.25) is 11.9 Å². The Balaban J connectivity index is 0.000000165. The Hall–Kier alpha value is -7.60. The quantitative estimate of drug-likeness (QED) is 0.121. The van der Waals surface area contributed by atoms with Gasteiger partial charge in [-0.2, -0.15) is 9.97 Å². The molecule has 15 nitrogen and oxygen atoms in total. The zero-order chi connectivity index (χ0) is 44.5. The van der Waals surface area contributed by atoms with Gasteiger partial charge in [-0.3, -0.25) is 14.5 Å². The van der Waals surface area contributed by atoms with Crippen molar-refractivity contribution in [2.45, 2.75) is 0 Å². The maximum Gasteiger partial charge on any atom is 0.254 e. The maximum atomic E-state index is 13.2. The van der Waals surface area contributed by atoms with Crippen LogP contribution >= 0.6 is 0 Å². The first-order chi connectivity index (χ1) is 31.8. The van der Waals surface area contributed by atoms with E-state index < -0.39 is 0 Å². The molecule has 10 rings (SSSR count). The van der Waals surface area contributed by atoms with E-state index in [4.69, 9.17) is 9.47 Å². The average Bonchev–Trinajstić information content (AvgIpc) is 3.98. The molecule has 8 aromatic rings. The second-order valence-corrected chi connectivity index (χ2v) is 15.3. The number of nitrogens with one attached hydrogen (secondary N) is 3. The van der Waals surface area contributed by atoms with Gasteiger partial charge in [0.15, 0.2) is 0 Å². The third-order valence-electron chi connectivity index (χ3n) is 11.0. The SMILES string of the molecule is O=C(NCCN1CCOCC1)c1ccc(-n2ccc3cnc(Nc4ccc(F)cc4)nc32)cc1.O=C(c1ccc(-n2ccc3cnc(Nc4ccc(F)cc4)nc32)cc1)N1CCOCC1. The zero-order valence-corrected chi connectivity index (χ0v) is 35.2. The van der Waals surface area contributed by atoms with E-state index in [1.165, 1.54) is 24.3 Å². The van der Waals surface area contributed by atoms with Gasteiger partial charge in [0, 0.05) is 109 Å². The summed E-state index contributed by atoms with van der Waals surface area (Å²) in [4.78, 5) is 47.2. The Morgan fingerprint density at radius 2 is 1.03 bits per heavy atom. The number of halogens is 2. The summed E-state index contributed by atoms with van der Waals surface area (Å²) in [6, 6.07) is 30.8. The molecular formula is C48H45F2N11O4. The molecule has 2 aliphatic rings. The lowest BCUT2D eigenvalue weighted by atomic mass is 10.1. The summed E-state index contributed by atoms with van der Waals surface area (Å²) in [6.45, 7) is 7.10. The van der Waals surface area contributed by atoms with Crippen molar-refractivity contribution in [3.05, 3.63) is 157 Å². The largest absolute Gasteiger partial charge is 0.379 e. The van der Waals surface area contributed by atoms with Gasteiger partial charge in [0.05, 0.1) is 26.4 Å². The fourth-order valence-electron chi connectivity index (χ4n) is 7.44. The summed E-state index contributed by atoms with van der Waals surface area (Å²) >= 11 is 0. The number of carbonyl (C=O) groups excluding carboxylic acids is 2. The summed E-state index contributed by atoms with van der Waals surface area (Å²) < 4.78 is 40.8. The van der Waals surface area contributed by atoms with Crippen LogP contribution in [0.2, 0.25) is 0 Å². The minimum absolute atomic E-state index is 0.0142. The number of benzene rings is 4. The van der Waals surface area contributed by atoms with Gasteiger partial charge in [-0.05, 0) is 109 Å². The monoisotopic (exact) mass is 877 g/mol. The molecule has 0 unspecified atom stereocenters. The minimum Gasteiger partial charge on any atom is -0.379 e. The van der Waals surface area contributed by atoms with Crippen molar-refractivity contribution in [2.24, 2.45) is 0 Å². The van der Waals surface area contributed by atoms with Crippen LogP contribution in [-0.4, -0.2) is 116 Å². The minimum atomic E-state index is -0.301. The Morgan fingerprint density at radius 1 is 0.569 bits per heavy atom. The Bertz CT molecular complexity index is 2880. The second kappa shape index (κ2) is 19.8. The van der Waals surface area contributed by atoms with Crippen LogP contribution in [0.15, 0.2) is 134 Å². The van der Waals surface area contributed by atoms with Gasteiger partial charge >= 0.3 is 0 Å². The summed E-state index contributed by atoms with van der Waals surface area (Å²) in [6.07, 6.45) is 7.31. The number of morpholine rings is 2. The van der Waals surface area contributed by atoms with E-state index in [9.17, 15) is 18.4 Å². The highest BCUT2D eigenvalue weighted by Gasteiger charge is 2.19. The van der Waals surface area contributed by atoms with Gasteiger partial charge in [-0.15, -0.1) is 0 Å². The van der Waals surface area contributed by atoms with Gasteiger partial charge in [0.25, 0.3) is 11.8 Å². The molecule has 0 radical (unpaired) electrons. The highest BCUT2D eigenvalue weighted by Crippen LogP contribution is 2.24. The highest BCUT2D eigenvalue weighted by molar-refractivity contribution is 5.95. The third kappa shape index (κ3) is 10.4. The predicted octanol–water partition coefficient (Wildman–Crippen LogP) is 7.14. The number of hydrogen-bond donors (Lipinski definition) is 3. The number of amides is 2. The van der Waals surface area contributed by atoms with Crippen LogP contribution in [0.3, 0.4) is 0 Å². The first-order valence-corrected chi connectivity index (χ1v) is 21.2. The molecule has 0 saturated carbocycles. The summed E-state index contributed by atoms with van der Waals surface area (Å²) in [5.74, 6) is 0.149. The Morgan fingerprint density at radius 3 is 1.52 bits per heavy atom. The van der Waals surface area contributed by atoms with E-state index in [0.717, 1.165) is 66.3 Å². The van der Waals surface area contributed by atoms with Crippen molar-refractivity contribution >= 4 is 57.2 Å². The molecule has 0 atom stereocenters. The van der Waals surface area contributed by atoms with Crippen LogP contribution in [0, 0.1) is 11.6 Å². The van der Waals surface area contributed by atoms with Crippen molar-refractivity contribution < 1.29 is 27.8 Å². The smallest absolute Gasteiger partial charge is 0.254 e. The fraction of sp³-hybridized carbons (Fsp3) is 0.208. The number of fused-ring (bicyclic) bond motifs is 2. The van der Waals surface area contributed by atoms with Crippen LogP contribution in [0.5, 0.6) is 0 Å². The molecule has 2 saturated heterocycles. The molecule has 0 aliphatic carbocycles. The summed E-state index contributed by atoms with van der Waals surface area (Å²) in [7, 11) is 0. The number of hydrogen-bond acceptors (Lipinski definition) is 11. The fourth-order valence-corrected chi connectivity index (χ4v) is 7.44. The molecular weight excluding hydrogens is 833 g/mol. The topological polar surface area (TPSA) is 157 Å². The molecule has 2 aliphatic heterocycles. The molecule has 2 amide bonds. The van der Waals surface area contributed by atoms with Crippen LogP contribution < -0.4 is 16.0 Å². The standard InChI is InChI=1S/C25H25FN6O2.C23H20FN5O2/c26-20-3-5-21(6-4-20)29-25-28-17-19-9-11-32(23(19)30-25)22-7-1-18(2-8-22)24(33)27-10-12-31-13-15-34-16-14-31;24-18-3-5-19(6-4-18)26-23-25-15-17-9-10-29(21(17)27-23)20-7-1-16(2-8-20)22(30)28-11-13-31-14-12-28/h1-9,11,17H,10,12-16H2,(H,27,33)(H,28,29,30);1-10,15H,11-14H2,(H,25,26,27). The maximum absolute atomic E-state index is 13.2. The number of carbonyl (C=O) groups is 2. The van der Waals surface area contributed by atoms with E-state index in [-0.39, 0.29) is 23.4 Å². The van der Waals surface area contributed by atoms with Crippen LogP contribution in [0.4, 0.5) is 32.1 Å². The molecule has 0 spiro atoms. The lowest BCUT2D eigenvalue weighted by Gasteiger charge is -2.26. The highest BCUT2D eigenvalue weighted by atomic mass is 19.1. The molecule has 330 valence electrons. The third-order valence-corrected chi connectivity index (χ3v) is 11.0. The van der Waals surface area contributed by atoms with Crippen molar-refractivity contribution in [1.82, 2.24) is 44.2 Å². The van der Waals surface area contributed by atoms with Crippen molar-refractivity contribution in [3.63, 3.8) is 0 Å². The van der Waals surface area contributed by atoms with Gasteiger partial charge in [-0.1, -0.05) is 0 Å². The lowest BCUT2D eigenvalue weighted by Crippen LogP contribution is -2.41. The van der Waals surface area contributed by atoms with Crippen molar-refractivity contribution in [3.8, 4) is 11.4 Å². The van der Waals surface area contributed by atoms with E-state index in [1.54, 1.807) is 36.7 Å². The Kier molecular flexibility index (Phi) is 13.0. The number of nitrogens with zero attached hydrogens (tertiary/aromatic N) is 8. The first kappa shape index (κ1) is 42.7. The summed E-state index contributed by atoms with van der Waals surface area (Å²) in [5, 5.41) is 10.9. The lowest BCUT2D eigenvalue weighted by molar-refractivity contribution is 0.0303. The van der Waals surface area contributed by atoms with Crippen molar-refractivity contribution in [2.75, 3.05) is 76.3 Å². The number of anilines is 4. The van der Waals surface area contributed by atoms with Crippen LogP contribution in [-0.2, 0) is 9.47 Å². The van der Waals surface area contributed by atoms with Gasteiger partial charge in [0.1, 0.15) is 22.9 Å². The number of ether oxygens (including phenoxy) is 2. The normalized spacial score (nSPS) is 14.2. The molecule has 4 aromatic carbocycles. The molecule has 65 heavy (non-hydrogen) atoms. The molecule has 4 aromatic heterocycles. The zero-order valence-electron chi connectivity index (χ0n) is 35.2. The number of rotatable bonds is 11. The predicted molar refractivity (Wildman–Crippen MR) is 243 cm³/mol. The molecule has 6 heterocycles. The Labute approximate surface area is 372 Å². The van der Waals surface area contributed by atoms with E-state index >= 15 is 0 Å². The second-order valence-electron chi connectivity index (χ2n) is 15.3. The van der Waals surface area contributed by atoms with Gasteiger partial charge < -0.3 is 39.5 Å². The van der Waals surface area contributed by atoms with E-state index in [1.807, 2.05) is 87.1 Å². The van der Waals surface area contributed by atoms with Crippen LogP contribution in [0.25, 0.3) is 33.4 Å². The molecule has 3 N–H and O–H groups in total. The average molecular weight is 878 g/mol. The van der Waals surface area contributed by atoms with Crippen molar-refractivity contribution in [1.29, 1.82) is 0 Å². The van der Waals surface area contributed by atoms with E-state index in [0.29, 0.717) is 67.2 Å². The summed E-state index contributed by atoms with van der Waals surface area (Å²) in [5.41, 5.74) is 5.87. The first-order valence-electron chi connectivity index (χ1n) is 21.2. The molecule has 17 heteroatoms. The molecule has 2 fully saturated rings. The molecule has 0 bridgehead atoms. The van der Waals surface area contributed by atoms with Gasteiger partial charge in [-0.25, -0.2) is 18.7 Å². The van der Waals surface area contributed by atoms with Crippen LogP contribution in [0.1, 0.15) is 20.7 Å².